The molecular formula is C11H14F15N3Si. The van der Waals surface area contributed by atoms with E-state index in [1.807, 2.05) is 0 Å². The van der Waals surface area contributed by atoms with Gasteiger partial charge in [-0.2, -0.15) is 65.9 Å². The molecule has 0 saturated carbocycles. The molecule has 0 aliphatic rings. The van der Waals surface area contributed by atoms with Crippen LogP contribution < -0.4 is 16.2 Å². The fourth-order valence-electron chi connectivity index (χ4n) is 1.93. The van der Waals surface area contributed by atoms with Crippen LogP contribution in [0.3, 0.4) is 0 Å². The summed E-state index contributed by atoms with van der Waals surface area (Å²) in [5, 5.41) is 15.3. The molecule has 0 saturated heterocycles. The second kappa shape index (κ2) is 7.87. The fourth-order valence-corrected chi connectivity index (χ4v) is 2.80. The lowest BCUT2D eigenvalue weighted by Gasteiger charge is -2.41. The molecule has 0 radical (unpaired) electrons. The molecule has 19 heteroatoms. The first-order valence-corrected chi connectivity index (χ1v) is 9.85. The van der Waals surface area contributed by atoms with Gasteiger partial charge in [-0.3, -0.25) is 0 Å². The molecular weight excluding hydrogens is 487 g/mol. The van der Waals surface area contributed by atoms with Gasteiger partial charge in [0.1, 0.15) is 0 Å². The Morgan fingerprint density at radius 3 is 1.13 bits per heavy atom. The zero-order valence-corrected chi connectivity index (χ0v) is 15.2. The van der Waals surface area contributed by atoms with Crippen molar-refractivity contribution in [3.8, 4) is 0 Å². The van der Waals surface area contributed by atoms with Crippen LogP contribution in [0.5, 0.6) is 0 Å². The van der Waals surface area contributed by atoms with Gasteiger partial charge in [-0.1, -0.05) is 6.42 Å². The second-order valence-corrected chi connectivity index (χ2v) is 9.12. The second-order valence-electron chi connectivity index (χ2n) is 6.39. The average Bonchev–Trinajstić information content (AvgIpc) is 2.48. The van der Waals surface area contributed by atoms with Gasteiger partial charge in [-0.15, -0.1) is 0 Å². The molecule has 0 aliphatic carbocycles. The summed E-state index contributed by atoms with van der Waals surface area (Å²) in [6.45, 7) is 0. The number of rotatable bonds is 10. The molecule has 0 amide bonds. The number of nitrogens with two attached hydrogens (primary N) is 3. The Balaban J connectivity index is 5.99. The maximum atomic E-state index is 13.5. The van der Waals surface area contributed by atoms with E-state index in [0.717, 1.165) is 0 Å². The Labute approximate surface area is 159 Å². The Morgan fingerprint density at radius 1 is 0.467 bits per heavy atom. The van der Waals surface area contributed by atoms with Crippen molar-refractivity contribution in [3.63, 3.8) is 0 Å². The number of halogens is 15. The van der Waals surface area contributed by atoms with Crippen LogP contribution in [0.2, 0.25) is 6.04 Å². The number of hydrogen-bond acceptors (Lipinski definition) is 3. The van der Waals surface area contributed by atoms with E-state index in [9.17, 15) is 65.9 Å². The molecule has 0 fully saturated rings. The Kier molecular flexibility index (Phi) is 7.62. The van der Waals surface area contributed by atoms with E-state index < -0.39 is 75.6 Å². The number of unbranched alkanes of at least 4 members (excludes halogenated alkanes) is 1. The van der Waals surface area contributed by atoms with Crippen LogP contribution in [-0.4, -0.2) is 50.3 Å². The largest absolute Gasteiger partial charge is 0.460 e. The van der Waals surface area contributed by atoms with Crippen molar-refractivity contribution in [3.05, 3.63) is 0 Å². The third-order valence-corrected chi connectivity index (χ3v) is 4.96. The van der Waals surface area contributed by atoms with Gasteiger partial charge in [-0.05, 0) is 12.5 Å². The molecule has 182 valence electrons. The zero-order chi connectivity index (χ0) is 24.8. The van der Waals surface area contributed by atoms with Gasteiger partial charge in [0.2, 0.25) is 0 Å². The lowest BCUT2D eigenvalue weighted by Crippen LogP contribution is -2.72. The zero-order valence-electron chi connectivity index (χ0n) is 14.2. The first-order valence-electron chi connectivity index (χ1n) is 7.41. The van der Waals surface area contributed by atoms with E-state index in [1.165, 1.54) is 0 Å². The van der Waals surface area contributed by atoms with Gasteiger partial charge >= 0.3 is 41.7 Å². The molecule has 0 heterocycles. The molecule has 0 aromatic rings. The highest BCUT2D eigenvalue weighted by atomic mass is 28.4. The molecule has 0 rings (SSSR count). The van der Waals surface area contributed by atoms with Gasteiger partial charge in [0.05, 0.1) is 0 Å². The van der Waals surface area contributed by atoms with E-state index >= 15 is 0 Å². The summed E-state index contributed by atoms with van der Waals surface area (Å²) in [4.78, 5) is 0. The highest BCUT2D eigenvalue weighted by Crippen LogP contribution is 2.62. The fraction of sp³-hybridized carbons (Fsp3) is 1.00. The monoisotopic (exact) mass is 501 g/mol. The van der Waals surface area contributed by atoms with E-state index in [0.29, 0.717) is 0 Å². The maximum absolute atomic E-state index is 13.5. The van der Waals surface area contributed by atoms with Crippen molar-refractivity contribution in [1.29, 1.82) is 0 Å². The van der Waals surface area contributed by atoms with E-state index in [-0.39, 0.29) is 0 Å². The van der Waals surface area contributed by atoms with Crippen molar-refractivity contribution in [2.45, 2.75) is 67.0 Å². The van der Waals surface area contributed by atoms with Crippen LogP contribution in [0.25, 0.3) is 0 Å². The summed E-state index contributed by atoms with van der Waals surface area (Å²) in [6.07, 6.45) is -11.8. The van der Waals surface area contributed by atoms with Crippen molar-refractivity contribution in [1.82, 2.24) is 0 Å². The molecule has 0 aromatic heterocycles. The van der Waals surface area contributed by atoms with Crippen molar-refractivity contribution in [2.75, 3.05) is 0 Å². The van der Waals surface area contributed by atoms with Crippen molar-refractivity contribution in [2.24, 2.45) is 16.2 Å². The summed E-state index contributed by atoms with van der Waals surface area (Å²) in [6, 6.07) is -0.461. The predicted octanol–water partition coefficient (Wildman–Crippen LogP) is 4.35. The topological polar surface area (TPSA) is 78.1 Å². The Bertz CT molecular complexity index is 596. The van der Waals surface area contributed by atoms with E-state index in [4.69, 9.17) is 16.2 Å². The first kappa shape index (κ1) is 29.0. The standard InChI is InChI=1S/C11H14F15N3Si/c12-5(13,3-1-2-4-30(27,28)29)6(14,15)7(16,17)8(18,19)9(20,21)10(22,23)11(24,25)26/h1-4,27-29H2. The molecule has 0 spiro atoms. The quantitative estimate of drug-likeness (QED) is 0.237. The van der Waals surface area contributed by atoms with Gasteiger partial charge in [0, 0.05) is 6.42 Å². The van der Waals surface area contributed by atoms with Crippen LogP contribution >= 0.6 is 0 Å². The van der Waals surface area contributed by atoms with E-state index in [1.54, 1.807) is 0 Å². The van der Waals surface area contributed by atoms with Crippen LogP contribution in [0.4, 0.5) is 65.9 Å². The SMILES string of the molecule is N[Si](N)(N)CCCCC(F)(F)C(F)(F)C(F)(F)C(F)(F)C(F)(F)C(F)(F)C(F)(F)F. The Hall–Kier alpha value is -0.953. The van der Waals surface area contributed by atoms with Crippen LogP contribution in [0, 0.1) is 0 Å². The van der Waals surface area contributed by atoms with Gasteiger partial charge < -0.3 is 16.2 Å². The summed E-state index contributed by atoms with van der Waals surface area (Å²) in [5.74, 6) is -46.2. The summed E-state index contributed by atoms with van der Waals surface area (Å²) < 4.78 is 194. The van der Waals surface area contributed by atoms with Crippen LogP contribution in [0.1, 0.15) is 19.3 Å². The highest BCUT2D eigenvalue weighted by Gasteiger charge is 2.93. The molecule has 0 bridgehead atoms. The van der Waals surface area contributed by atoms with Gasteiger partial charge in [0.25, 0.3) is 8.56 Å². The maximum Gasteiger partial charge on any atom is 0.460 e. The summed E-state index contributed by atoms with van der Waals surface area (Å²) in [5.41, 5.74) is 0. The summed E-state index contributed by atoms with van der Waals surface area (Å²) in [7, 11) is -3.42. The minimum Gasteiger partial charge on any atom is -0.327 e. The normalized spacial score (nSPS) is 16.2. The average molecular weight is 501 g/mol. The highest BCUT2D eigenvalue weighted by molar-refractivity contribution is 6.70. The van der Waals surface area contributed by atoms with Crippen LogP contribution in [0.15, 0.2) is 0 Å². The lowest BCUT2D eigenvalue weighted by atomic mass is 9.89. The minimum absolute atomic E-state index is 0.461. The molecule has 0 unspecified atom stereocenters. The third-order valence-electron chi connectivity index (χ3n) is 3.74. The van der Waals surface area contributed by atoms with Crippen molar-refractivity contribution >= 4 is 8.56 Å². The van der Waals surface area contributed by atoms with Crippen LogP contribution in [-0.2, 0) is 0 Å². The smallest absolute Gasteiger partial charge is 0.327 e. The molecule has 0 atom stereocenters. The number of alkyl halides is 15. The minimum atomic E-state index is -8.26. The lowest BCUT2D eigenvalue weighted by molar-refractivity contribution is -0.452. The number of hydrogen-bond donors (Lipinski definition) is 3. The molecule has 6 N–H and O–H groups in total. The van der Waals surface area contributed by atoms with E-state index in [2.05, 4.69) is 0 Å². The molecule has 30 heavy (non-hydrogen) atoms. The molecule has 0 aliphatic heterocycles. The third kappa shape index (κ3) is 4.77. The summed E-state index contributed by atoms with van der Waals surface area (Å²) >= 11 is 0. The van der Waals surface area contributed by atoms with Gasteiger partial charge in [0.15, 0.2) is 0 Å². The molecule has 0 aromatic carbocycles. The Morgan fingerprint density at radius 2 is 0.800 bits per heavy atom. The predicted molar refractivity (Wildman–Crippen MR) is 72.7 cm³/mol. The molecule has 3 nitrogen and oxygen atoms in total. The van der Waals surface area contributed by atoms with Gasteiger partial charge in [-0.25, -0.2) is 0 Å². The first-order chi connectivity index (χ1) is 12.7. The van der Waals surface area contributed by atoms with Crippen molar-refractivity contribution < 1.29 is 65.9 Å².